The van der Waals surface area contributed by atoms with Crippen LogP contribution in [0.4, 0.5) is 0 Å². The average Bonchev–Trinajstić information content (AvgIpc) is 2.66. The van der Waals surface area contributed by atoms with E-state index < -0.39 is 5.72 Å². The number of ether oxygens (including phenoxy) is 3. The number of thiocarbonyl (C=S) groups is 1. The summed E-state index contributed by atoms with van der Waals surface area (Å²) >= 11 is 5.71. The number of fused-ring (bicyclic) bond motifs is 4. The number of para-hydroxylation sites is 2. The molecule has 0 radical (unpaired) electrons. The van der Waals surface area contributed by atoms with Crippen LogP contribution in [-0.2, 0) is 6.54 Å². The SMILES string of the molecule is CCOc1cccc2c1O[C@@]1(C)C[C@H]2NC(=S)N1Cc1ccccc1OC. The maximum absolute atomic E-state index is 6.54. The molecule has 1 N–H and O–H groups in total. The highest BCUT2D eigenvalue weighted by molar-refractivity contribution is 7.80. The van der Waals surface area contributed by atoms with Crippen LogP contribution in [0, 0.1) is 0 Å². The van der Waals surface area contributed by atoms with E-state index in [1.807, 2.05) is 37.3 Å². The van der Waals surface area contributed by atoms with Crippen LogP contribution in [0.1, 0.15) is 37.4 Å². The Kier molecular flexibility index (Phi) is 4.60. The molecule has 6 heteroatoms. The lowest BCUT2D eigenvalue weighted by Crippen LogP contribution is -2.64. The van der Waals surface area contributed by atoms with Gasteiger partial charge in [0.15, 0.2) is 22.3 Å². The van der Waals surface area contributed by atoms with Gasteiger partial charge in [-0.3, -0.25) is 0 Å². The molecule has 2 aliphatic heterocycles. The predicted octanol–water partition coefficient (Wildman–Crippen LogP) is 4.02. The van der Waals surface area contributed by atoms with Gasteiger partial charge in [-0.2, -0.15) is 0 Å². The molecule has 2 aromatic carbocycles. The molecule has 0 saturated carbocycles. The van der Waals surface area contributed by atoms with Crippen molar-refractivity contribution in [3.05, 3.63) is 53.6 Å². The summed E-state index contributed by atoms with van der Waals surface area (Å²) in [6.45, 7) is 5.27. The van der Waals surface area contributed by atoms with Crippen molar-refractivity contribution < 1.29 is 14.2 Å². The topological polar surface area (TPSA) is 43.0 Å². The molecule has 2 aromatic rings. The Balaban J connectivity index is 1.71. The molecule has 0 unspecified atom stereocenters. The molecular formula is C21H24N2O3S. The molecule has 0 aliphatic carbocycles. The Morgan fingerprint density at radius 1 is 1.22 bits per heavy atom. The van der Waals surface area contributed by atoms with Crippen molar-refractivity contribution >= 4 is 17.3 Å². The molecule has 0 aromatic heterocycles. The number of hydrogen-bond acceptors (Lipinski definition) is 4. The molecule has 2 aliphatic rings. The molecule has 2 atom stereocenters. The highest BCUT2D eigenvalue weighted by Gasteiger charge is 2.48. The zero-order valence-electron chi connectivity index (χ0n) is 15.8. The van der Waals surface area contributed by atoms with Crippen molar-refractivity contribution in [1.29, 1.82) is 0 Å². The molecule has 1 saturated heterocycles. The fourth-order valence-electron chi connectivity index (χ4n) is 3.91. The third kappa shape index (κ3) is 3.08. The quantitative estimate of drug-likeness (QED) is 0.786. The highest BCUT2D eigenvalue weighted by atomic mass is 32.1. The first-order valence-corrected chi connectivity index (χ1v) is 9.61. The normalized spacial score (nSPS) is 23.1. The maximum atomic E-state index is 6.54. The van der Waals surface area contributed by atoms with Gasteiger partial charge in [-0.05, 0) is 38.2 Å². The first-order chi connectivity index (χ1) is 13.1. The zero-order valence-corrected chi connectivity index (χ0v) is 16.6. The summed E-state index contributed by atoms with van der Waals surface area (Å²) in [7, 11) is 1.69. The van der Waals surface area contributed by atoms with Gasteiger partial charge in [0.1, 0.15) is 5.75 Å². The van der Waals surface area contributed by atoms with E-state index in [4.69, 9.17) is 26.4 Å². The molecular weight excluding hydrogens is 360 g/mol. The lowest BCUT2D eigenvalue weighted by Gasteiger charge is -2.52. The van der Waals surface area contributed by atoms with E-state index >= 15 is 0 Å². The van der Waals surface area contributed by atoms with Crippen LogP contribution in [-0.4, -0.2) is 29.5 Å². The Morgan fingerprint density at radius 2 is 2.00 bits per heavy atom. The van der Waals surface area contributed by atoms with Crippen molar-refractivity contribution in [2.24, 2.45) is 0 Å². The fourth-order valence-corrected chi connectivity index (χ4v) is 4.31. The molecule has 0 spiro atoms. The molecule has 5 nitrogen and oxygen atoms in total. The first kappa shape index (κ1) is 17.9. The fraction of sp³-hybridized carbons (Fsp3) is 0.381. The molecule has 1 fully saturated rings. The second-order valence-electron chi connectivity index (χ2n) is 6.99. The standard InChI is InChI=1S/C21H24N2O3S/c1-4-25-18-11-7-9-15-16-12-21(2,26-19(15)18)23(20(27)22-16)13-14-8-5-6-10-17(14)24-3/h5-11,16H,4,12-13H2,1-3H3,(H,22,27)/t16-,21+/m1/s1. The third-order valence-electron chi connectivity index (χ3n) is 5.22. The molecule has 4 rings (SSSR count). The number of rotatable bonds is 5. The number of nitrogens with zero attached hydrogens (tertiary/aromatic N) is 1. The number of methoxy groups -OCH3 is 1. The summed E-state index contributed by atoms with van der Waals surface area (Å²) in [6, 6.07) is 14.1. The van der Waals surface area contributed by atoms with Crippen LogP contribution in [0.25, 0.3) is 0 Å². The van der Waals surface area contributed by atoms with Crippen LogP contribution >= 0.6 is 12.2 Å². The number of hydrogen-bond donors (Lipinski definition) is 1. The van der Waals surface area contributed by atoms with Crippen LogP contribution in [0.3, 0.4) is 0 Å². The van der Waals surface area contributed by atoms with Crippen LogP contribution in [0.15, 0.2) is 42.5 Å². The van der Waals surface area contributed by atoms with Gasteiger partial charge in [-0.1, -0.05) is 30.3 Å². The van der Waals surface area contributed by atoms with Gasteiger partial charge >= 0.3 is 0 Å². The van der Waals surface area contributed by atoms with E-state index in [0.717, 1.165) is 34.8 Å². The van der Waals surface area contributed by atoms with E-state index in [1.165, 1.54) is 0 Å². The molecule has 27 heavy (non-hydrogen) atoms. The van der Waals surface area contributed by atoms with Crippen LogP contribution < -0.4 is 19.5 Å². The smallest absolute Gasteiger partial charge is 0.184 e. The number of benzene rings is 2. The Labute approximate surface area is 165 Å². The van der Waals surface area contributed by atoms with E-state index in [1.54, 1.807) is 7.11 Å². The Hall–Kier alpha value is -2.47. The van der Waals surface area contributed by atoms with Crippen molar-refractivity contribution in [1.82, 2.24) is 10.2 Å². The summed E-state index contributed by atoms with van der Waals surface area (Å²) < 4.78 is 17.9. The Bertz CT molecular complexity index is 872. The zero-order chi connectivity index (χ0) is 19.0. The van der Waals surface area contributed by atoms with E-state index in [0.29, 0.717) is 18.3 Å². The molecule has 2 bridgehead atoms. The van der Waals surface area contributed by atoms with Crippen LogP contribution in [0.2, 0.25) is 0 Å². The van der Waals surface area contributed by atoms with Gasteiger partial charge in [0.25, 0.3) is 0 Å². The maximum Gasteiger partial charge on any atom is 0.184 e. The molecule has 142 valence electrons. The minimum Gasteiger partial charge on any atom is -0.496 e. The van der Waals surface area contributed by atoms with E-state index in [9.17, 15) is 0 Å². The summed E-state index contributed by atoms with van der Waals surface area (Å²) in [5, 5.41) is 4.17. The summed E-state index contributed by atoms with van der Waals surface area (Å²) in [4.78, 5) is 2.10. The van der Waals surface area contributed by atoms with Crippen molar-refractivity contribution in [3.8, 4) is 17.2 Å². The average molecular weight is 385 g/mol. The number of nitrogens with one attached hydrogen (secondary N) is 1. The first-order valence-electron chi connectivity index (χ1n) is 9.20. The second kappa shape index (κ2) is 6.93. The van der Waals surface area contributed by atoms with Crippen molar-refractivity contribution in [2.45, 2.75) is 38.6 Å². The van der Waals surface area contributed by atoms with E-state index in [2.05, 4.69) is 29.3 Å². The second-order valence-corrected chi connectivity index (χ2v) is 7.38. The van der Waals surface area contributed by atoms with E-state index in [-0.39, 0.29) is 6.04 Å². The van der Waals surface area contributed by atoms with Gasteiger partial charge in [-0.15, -0.1) is 0 Å². The van der Waals surface area contributed by atoms with Gasteiger partial charge in [0.05, 0.1) is 26.3 Å². The molecule has 2 heterocycles. The predicted molar refractivity (Wildman–Crippen MR) is 108 cm³/mol. The summed E-state index contributed by atoms with van der Waals surface area (Å²) in [6.07, 6.45) is 0.796. The largest absolute Gasteiger partial charge is 0.496 e. The lowest BCUT2D eigenvalue weighted by molar-refractivity contribution is -0.0740. The van der Waals surface area contributed by atoms with Gasteiger partial charge in [0, 0.05) is 17.5 Å². The summed E-state index contributed by atoms with van der Waals surface area (Å²) in [5.74, 6) is 2.42. The minimum atomic E-state index is -0.561. The summed E-state index contributed by atoms with van der Waals surface area (Å²) in [5.41, 5.74) is 1.60. The Morgan fingerprint density at radius 3 is 2.78 bits per heavy atom. The van der Waals surface area contributed by atoms with Gasteiger partial charge in [0.2, 0.25) is 0 Å². The van der Waals surface area contributed by atoms with Crippen LogP contribution in [0.5, 0.6) is 17.2 Å². The lowest BCUT2D eigenvalue weighted by atomic mass is 9.90. The molecule has 0 amide bonds. The van der Waals surface area contributed by atoms with Crippen molar-refractivity contribution in [3.63, 3.8) is 0 Å². The highest BCUT2D eigenvalue weighted by Crippen LogP contribution is 2.48. The third-order valence-corrected chi connectivity index (χ3v) is 5.56. The monoisotopic (exact) mass is 384 g/mol. The van der Waals surface area contributed by atoms with Crippen molar-refractivity contribution in [2.75, 3.05) is 13.7 Å². The van der Waals surface area contributed by atoms with Gasteiger partial charge < -0.3 is 24.4 Å². The van der Waals surface area contributed by atoms with Gasteiger partial charge in [-0.25, -0.2) is 0 Å². The minimum absolute atomic E-state index is 0.112.